The maximum atomic E-state index is 5.86. The van der Waals surface area contributed by atoms with E-state index in [2.05, 4.69) is 22.6 Å². The minimum Gasteiger partial charge on any atom is -0.323 e. The molecule has 0 spiro atoms. The van der Waals surface area contributed by atoms with Crippen molar-refractivity contribution in [3.05, 3.63) is 8.61 Å². The molecular weight excluding hydrogens is 248 g/mol. The highest BCUT2D eigenvalue weighted by Gasteiger charge is 2.15. The van der Waals surface area contributed by atoms with Gasteiger partial charge in [0.1, 0.15) is 0 Å². The summed E-state index contributed by atoms with van der Waals surface area (Å²) < 4.78 is 1.24. The van der Waals surface area contributed by atoms with Crippen LogP contribution in [0.25, 0.3) is 0 Å². The topological polar surface area (TPSA) is 26.0 Å². The summed E-state index contributed by atoms with van der Waals surface area (Å²) in [4.78, 5) is 0. The van der Waals surface area contributed by atoms with Gasteiger partial charge in [0.25, 0.3) is 0 Å². The van der Waals surface area contributed by atoms with Gasteiger partial charge in [0.15, 0.2) is 0 Å². The van der Waals surface area contributed by atoms with E-state index in [1.54, 1.807) is 0 Å². The average Bonchev–Trinajstić information content (AvgIpc) is 1.83. The molecule has 0 radical (unpaired) electrons. The molecule has 0 saturated carbocycles. The van der Waals surface area contributed by atoms with Gasteiger partial charge in [-0.1, -0.05) is 11.6 Å². The highest BCUT2D eigenvalue weighted by molar-refractivity contribution is 14.1. The zero-order valence-corrected chi connectivity index (χ0v) is 7.95. The predicted molar refractivity (Wildman–Crippen MR) is 48.7 cm³/mol. The van der Waals surface area contributed by atoms with E-state index in [9.17, 15) is 0 Å². The standard InChI is InChI=1S/C6H9ClIN/c7-6-4(8)2-1-3-5(6)9/h5H,1-3,9H2. The molecule has 0 saturated heterocycles. The molecule has 52 valence electrons. The minimum atomic E-state index is 0.118. The van der Waals surface area contributed by atoms with Gasteiger partial charge in [0.2, 0.25) is 0 Å². The van der Waals surface area contributed by atoms with Crippen LogP contribution in [0.3, 0.4) is 0 Å². The number of hydrogen-bond acceptors (Lipinski definition) is 1. The van der Waals surface area contributed by atoms with Gasteiger partial charge in [-0.05, 0) is 41.9 Å². The fraction of sp³-hybridized carbons (Fsp3) is 0.667. The monoisotopic (exact) mass is 257 g/mol. The Bertz CT molecular complexity index is 144. The van der Waals surface area contributed by atoms with Crippen LogP contribution in [0.2, 0.25) is 0 Å². The molecule has 0 bridgehead atoms. The summed E-state index contributed by atoms with van der Waals surface area (Å²) in [6.07, 6.45) is 3.36. The lowest BCUT2D eigenvalue weighted by Crippen LogP contribution is -2.23. The molecule has 0 fully saturated rings. The smallest absolute Gasteiger partial charge is 0.0440 e. The summed E-state index contributed by atoms with van der Waals surface area (Å²) in [5.41, 5.74) is 5.67. The van der Waals surface area contributed by atoms with Crippen molar-refractivity contribution in [1.29, 1.82) is 0 Å². The Kier molecular flexibility index (Phi) is 2.79. The molecule has 2 N–H and O–H groups in total. The van der Waals surface area contributed by atoms with Crippen LogP contribution in [0.1, 0.15) is 19.3 Å². The normalized spacial score (nSPS) is 29.0. The Hall–Kier alpha value is 0.720. The number of rotatable bonds is 0. The van der Waals surface area contributed by atoms with E-state index in [0.29, 0.717) is 0 Å². The van der Waals surface area contributed by atoms with Gasteiger partial charge < -0.3 is 5.73 Å². The minimum absolute atomic E-state index is 0.118. The van der Waals surface area contributed by atoms with Crippen LogP contribution in [-0.2, 0) is 0 Å². The van der Waals surface area contributed by atoms with E-state index in [4.69, 9.17) is 17.3 Å². The molecule has 0 amide bonds. The third-order valence-electron chi connectivity index (χ3n) is 1.50. The molecule has 1 nitrogen and oxygen atoms in total. The Morgan fingerprint density at radius 3 is 2.78 bits per heavy atom. The average molecular weight is 258 g/mol. The zero-order chi connectivity index (χ0) is 6.85. The second kappa shape index (κ2) is 3.21. The summed E-state index contributed by atoms with van der Waals surface area (Å²) in [6, 6.07) is 0.118. The Balaban J connectivity index is 2.72. The van der Waals surface area contributed by atoms with Crippen LogP contribution < -0.4 is 5.73 Å². The van der Waals surface area contributed by atoms with Crippen molar-refractivity contribution in [2.45, 2.75) is 25.3 Å². The molecule has 0 aliphatic heterocycles. The van der Waals surface area contributed by atoms with E-state index < -0.39 is 0 Å². The van der Waals surface area contributed by atoms with E-state index >= 15 is 0 Å². The third-order valence-corrected chi connectivity index (χ3v) is 3.44. The first kappa shape index (κ1) is 7.82. The maximum absolute atomic E-state index is 5.86. The van der Waals surface area contributed by atoms with Gasteiger partial charge in [-0.25, -0.2) is 0 Å². The van der Waals surface area contributed by atoms with Crippen LogP contribution in [0, 0.1) is 0 Å². The SMILES string of the molecule is NC1CCCC(I)=C1Cl. The quantitative estimate of drug-likeness (QED) is 0.663. The van der Waals surface area contributed by atoms with Crippen molar-refractivity contribution in [2.24, 2.45) is 5.73 Å². The molecule has 9 heavy (non-hydrogen) atoms. The van der Waals surface area contributed by atoms with Crippen LogP contribution in [0.15, 0.2) is 8.61 Å². The second-order valence-corrected chi connectivity index (χ2v) is 3.96. The summed E-state index contributed by atoms with van der Waals surface area (Å²) in [6.45, 7) is 0. The van der Waals surface area contributed by atoms with Crippen molar-refractivity contribution in [2.75, 3.05) is 0 Å². The van der Waals surface area contributed by atoms with Gasteiger partial charge in [-0.2, -0.15) is 0 Å². The molecular formula is C6H9ClIN. The zero-order valence-electron chi connectivity index (χ0n) is 5.03. The number of hydrogen-bond donors (Lipinski definition) is 1. The van der Waals surface area contributed by atoms with E-state index in [-0.39, 0.29) is 6.04 Å². The second-order valence-electron chi connectivity index (χ2n) is 2.25. The summed E-state index contributed by atoms with van der Waals surface area (Å²) in [5, 5.41) is 0.877. The molecule has 1 unspecified atom stereocenters. The number of nitrogens with two attached hydrogens (primary N) is 1. The van der Waals surface area contributed by atoms with Gasteiger partial charge in [0, 0.05) is 14.7 Å². The van der Waals surface area contributed by atoms with Gasteiger partial charge in [0.05, 0.1) is 0 Å². The van der Waals surface area contributed by atoms with Crippen molar-refractivity contribution in [3.8, 4) is 0 Å². The number of halogens is 2. The largest absolute Gasteiger partial charge is 0.323 e. The van der Waals surface area contributed by atoms with Gasteiger partial charge >= 0.3 is 0 Å². The summed E-state index contributed by atoms with van der Waals surface area (Å²) in [7, 11) is 0. The maximum Gasteiger partial charge on any atom is 0.0440 e. The molecule has 1 aliphatic rings. The lowest BCUT2D eigenvalue weighted by Gasteiger charge is -2.17. The first-order chi connectivity index (χ1) is 4.22. The molecule has 0 aromatic carbocycles. The fourth-order valence-electron chi connectivity index (χ4n) is 0.924. The fourth-order valence-corrected chi connectivity index (χ4v) is 1.91. The Morgan fingerprint density at radius 2 is 2.33 bits per heavy atom. The first-order valence-electron chi connectivity index (χ1n) is 3.01. The van der Waals surface area contributed by atoms with Gasteiger partial charge in [-0.15, -0.1) is 0 Å². The van der Waals surface area contributed by atoms with Gasteiger partial charge in [-0.3, -0.25) is 0 Å². The van der Waals surface area contributed by atoms with Crippen LogP contribution in [-0.4, -0.2) is 6.04 Å². The van der Waals surface area contributed by atoms with E-state index in [1.165, 1.54) is 10.0 Å². The Labute approximate surface area is 73.8 Å². The molecule has 1 atom stereocenters. The lowest BCUT2D eigenvalue weighted by atomic mass is 10.0. The van der Waals surface area contributed by atoms with Crippen LogP contribution in [0.4, 0.5) is 0 Å². The highest BCUT2D eigenvalue weighted by atomic mass is 127. The molecule has 0 aromatic heterocycles. The van der Waals surface area contributed by atoms with Crippen molar-refractivity contribution in [1.82, 2.24) is 0 Å². The van der Waals surface area contributed by atoms with Crippen LogP contribution in [0.5, 0.6) is 0 Å². The highest BCUT2D eigenvalue weighted by Crippen LogP contribution is 2.30. The Morgan fingerprint density at radius 1 is 1.67 bits per heavy atom. The summed E-state index contributed by atoms with van der Waals surface area (Å²) >= 11 is 8.13. The number of allylic oxidation sites excluding steroid dienone is 1. The van der Waals surface area contributed by atoms with Crippen molar-refractivity contribution < 1.29 is 0 Å². The lowest BCUT2D eigenvalue weighted by molar-refractivity contribution is 0.633. The van der Waals surface area contributed by atoms with Crippen molar-refractivity contribution >= 4 is 34.2 Å². The van der Waals surface area contributed by atoms with E-state index in [1.807, 2.05) is 0 Å². The van der Waals surface area contributed by atoms with Crippen LogP contribution >= 0.6 is 34.2 Å². The molecule has 1 aliphatic carbocycles. The third kappa shape index (κ3) is 1.82. The first-order valence-corrected chi connectivity index (χ1v) is 4.47. The molecule has 0 aromatic rings. The van der Waals surface area contributed by atoms with Crippen molar-refractivity contribution in [3.63, 3.8) is 0 Å². The summed E-state index contributed by atoms with van der Waals surface area (Å²) in [5.74, 6) is 0. The molecule has 3 heteroatoms. The van der Waals surface area contributed by atoms with E-state index in [0.717, 1.165) is 17.9 Å². The molecule has 0 heterocycles. The molecule has 1 rings (SSSR count). The predicted octanol–water partition coefficient (Wildman–Crippen LogP) is 2.38.